The number of fused-ring (bicyclic) bond motifs is 6. The molecule has 30 heavy (non-hydrogen) atoms. The summed E-state index contributed by atoms with van der Waals surface area (Å²) < 4.78 is 6.90. The molecule has 1 N–H and O–H groups in total. The molecule has 0 aromatic carbocycles. The predicted octanol–water partition coefficient (Wildman–Crippen LogP) is 5.43. The summed E-state index contributed by atoms with van der Waals surface area (Å²) in [5.74, 6) is 4.41. The van der Waals surface area contributed by atoms with Gasteiger partial charge in [-0.1, -0.05) is 25.0 Å². The summed E-state index contributed by atoms with van der Waals surface area (Å²) in [7, 11) is 0. The molecule has 0 bridgehead atoms. The van der Waals surface area contributed by atoms with E-state index in [1.807, 2.05) is 5.57 Å². The van der Waals surface area contributed by atoms with Crippen LogP contribution in [0.1, 0.15) is 91.4 Å². The van der Waals surface area contributed by atoms with Gasteiger partial charge in [0.25, 0.3) is 0 Å². The average molecular weight is 412 g/mol. The first-order valence-electron chi connectivity index (χ1n) is 13.0. The van der Waals surface area contributed by atoms with E-state index in [-0.39, 0.29) is 5.60 Å². The maximum Gasteiger partial charge on any atom is 0.133 e. The Morgan fingerprint density at radius 1 is 1.13 bits per heavy atom. The van der Waals surface area contributed by atoms with Gasteiger partial charge in [0, 0.05) is 18.9 Å². The minimum Gasteiger partial charge on any atom is -0.370 e. The van der Waals surface area contributed by atoms with Gasteiger partial charge in [0.15, 0.2) is 0 Å². The van der Waals surface area contributed by atoms with E-state index in [1.165, 1.54) is 51.4 Å². The average Bonchev–Trinajstić information content (AvgIpc) is 3.22. The molecule has 6 aliphatic rings. The van der Waals surface area contributed by atoms with E-state index in [2.05, 4.69) is 26.1 Å². The molecule has 2 saturated heterocycles. The summed E-state index contributed by atoms with van der Waals surface area (Å²) >= 11 is 0. The van der Waals surface area contributed by atoms with Crippen LogP contribution in [-0.2, 0) is 9.53 Å². The van der Waals surface area contributed by atoms with E-state index in [4.69, 9.17) is 4.74 Å². The molecule has 3 heteroatoms. The Morgan fingerprint density at radius 2 is 2.00 bits per heavy atom. The number of rotatable bonds is 0. The molecule has 166 valence electrons. The van der Waals surface area contributed by atoms with Gasteiger partial charge in [-0.15, -0.1) is 0 Å². The highest BCUT2D eigenvalue weighted by molar-refractivity contribution is 5.79. The van der Waals surface area contributed by atoms with Crippen LogP contribution in [0.4, 0.5) is 0 Å². The molecule has 2 aliphatic heterocycles. The Hall–Kier alpha value is -0.670. The number of ether oxygens (including phenoxy) is 1. The van der Waals surface area contributed by atoms with Crippen molar-refractivity contribution in [2.24, 2.45) is 35.0 Å². The molecule has 0 unspecified atom stereocenters. The van der Waals surface area contributed by atoms with Gasteiger partial charge in [-0.2, -0.15) is 0 Å². The van der Waals surface area contributed by atoms with Gasteiger partial charge in [0.05, 0.1) is 11.7 Å². The van der Waals surface area contributed by atoms with Crippen molar-refractivity contribution in [2.75, 3.05) is 6.54 Å². The Labute approximate surface area is 182 Å². The van der Waals surface area contributed by atoms with Crippen molar-refractivity contribution in [1.29, 1.82) is 0 Å². The third-order valence-electron chi connectivity index (χ3n) is 10.8. The number of carbonyl (C=O) groups excluding carboxylic acids is 1. The van der Waals surface area contributed by atoms with Crippen molar-refractivity contribution in [3.8, 4) is 0 Å². The van der Waals surface area contributed by atoms with Crippen molar-refractivity contribution in [1.82, 2.24) is 5.32 Å². The maximum absolute atomic E-state index is 12.1. The first kappa shape index (κ1) is 20.0. The van der Waals surface area contributed by atoms with E-state index in [9.17, 15) is 4.79 Å². The minimum atomic E-state index is 0.0989. The number of Topliss-reactive ketones (excluding diaryl/α,β-unsaturated/α-hetero) is 1. The molecule has 2 heterocycles. The van der Waals surface area contributed by atoms with Crippen LogP contribution in [0.5, 0.6) is 0 Å². The van der Waals surface area contributed by atoms with Gasteiger partial charge in [-0.3, -0.25) is 4.79 Å². The summed E-state index contributed by atoms with van der Waals surface area (Å²) in [6.07, 6.45) is 13.5. The van der Waals surface area contributed by atoms with Crippen LogP contribution in [-0.4, -0.2) is 30.1 Å². The van der Waals surface area contributed by atoms with E-state index in [0.29, 0.717) is 29.3 Å². The zero-order valence-electron chi connectivity index (χ0n) is 19.3. The SMILES string of the molecule is CC1=C2C[C@H]3[C@@H](CC[C@@H]4CC(=O)CC[C@@]43C)[C@@H]2CC[C@]2(C1)C[C@@H]1NC[C@@H](C)C[C@H]1O2. The molecule has 0 amide bonds. The topological polar surface area (TPSA) is 38.3 Å². The number of hydrogen-bond donors (Lipinski definition) is 1. The van der Waals surface area contributed by atoms with Gasteiger partial charge in [-0.05, 0) is 106 Å². The van der Waals surface area contributed by atoms with E-state index < -0.39 is 0 Å². The second-order valence-electron chi connectivity index (χ2n) is 12.5. The highest BCUT2D eigenvalue weighted by Crippen LogP contribution is 2.64. The first-order chi connectivity index (χ1) is 14.4. The molecule has 3 nitrogen and oxygen atoms in total. The number of piperidine rings is 1. The monoisotopic (exact) mass is 411 g/mol. The lowest BCUT2D eigenvalue weighted by Crippen LogP contribution is -2.46. The standard InChI is InChI=1S/C27H41NO2/c1-16-10-25-24(28-15-16)14-27(30-25)9-7-20-21-5-4-18-11-19(29)6-8-26(18,3)23(21)12-22(20)17(2)13-27/h16,18,20-21,23-25,28H,4-15H2,1-3H3/t16-,18+,20-,21-,23-,24-,25+,26-,27-/m0/s1. The first-order valence-corrected chi connectivity index (χ1v) is 13.0. The van der Waals surface area contributed by atoms with Crippen LogP contribution in [0.15, 0.2) is 11.1 Å². The van der Waals surface area contributed by atoms with E-state index in [0.717, 1.165) is 49.5 Å². The van der Waals surface area contributed by atoms with E-state index >= 15 is 0 Å². The smallest absolute Gasteiger partial charge is 0.133 e. The van der Waals surface area contributed by atoms with Crippen LogP contribution in [0, 0.1) is 35.0 Å². The third kappa shape index (κ3) is 2.94. The Morgan fingerprint density at radius 3 is 2.87 bits per heavy atom. The van der Waals surface area contributed by atoms with Crippen LogP contribution >= 0.6 is 0 Å². The summed E-state index contributed by atoms with van der Waals surface area (Å²) in [6.45, 7) is 8.52. The van der Waals surface area contributed by atoms with Crippen LogP contribution in [0.3, 0.4) is 0 Å². The lowest BCUT2D eigenvalue weighted by molar-refractivity contribution is -0.129. The van der Waals surface area contributed by atoms with Crippen molar-refractivity contribution in [2.45, 2.75) is 109 Å². The molecule has 5 fully saturated rings. The van der Waals surface area contributed by atoms with Gasteiger partial charge in [-0.25, -0.2) is 0 Å². The number of nitrogens with one attached hydrogen (secondary N) is 1. The molecule has 0 radical (unpaired) electrons. The molecule has 1 spiro atoms. The number of carbonyl (C=O) groups is 1. The van der Waals surface area contributed by atoms with Gasteiger partial charge in [0.1, 0.15) is 5.78 Å². The van der Waals surface area contributed by atoms with Crippen molar-refractivity contribution in [3.63, 3.8) is 0 Å². The summed E-state index contributed by atoms with van der Waals surface area (Å²) in [6, 6.07) is 0.582. The maximum atomic E-state index is 12.1. The zero-order chi connectivity index (χ0) is 20.7. The Bertz CT molecular complexity index is 773. The van der Waals surface area contributed by atoms with Crippen molar-refractivity contribution < 1.29 is 9.53 Å². The van der Waals surface area contributed by atoms with Crippen molar-refractivity contribution in [3.05, 3.63) is 11.1 Å². The molecule has 4 aliphatic carbocycles. The van der Waals surface area contributed by atoms with Crippen molar-refractivity contribution >= 4 is 5.78 Å². The fraction of sp³-hybridized carbons (Fsp3) is 0.889. The largest absolute Gasteiger partial charge is 0.370 e. The predicted molar refractivity (Wildman–Crippen MR) is 119 cm³/mol. The minimum absolute atomic E-state index is 0.0989. The highest BCUT2D eigenvalue weighted by atomic mass is 16.5. The zero-order valence-corrected chi connectivity index (χ0v) is 19.3. The fourth-order valence-corrected chi connectivity index (χ4v) is 9.23. The summed E-state index contributed by atoms with van der Waals surface area (Å²) in [5, 5.41) is 3.80. The molecular weight excluding hydrogens is 370 g/mol. The second kappa shape index (κ2) is 6.91. The number of allylic oxidation sites excluding steroid dienone is 1. The molecular formula is C27H41NO2. The lowest BCUT2D eigenvalue weighted by atomic mass is 9.52. The van der Waals surface area contributed by atoms with Gasteiger partial charge >= 0.3 is 0 Å². The molecule has 9 atom stereocenters. The highest BCUT2D eigenvalue weighted by Gasteiger charge is 2.57. The quantitative estimate of drug-likeness (QED) is 0.540. The van der Waals surface area contributed by atoms with Crippen LogP contribution in [0.2, 0.25) is 0 Å². The van der Waals surface area contributed by atoms with Crippen LogP contribution in [0.25, 0.3) is 0 Å². The lowest BCUT2D eigenvalue weighted by Gasteiger charge is -2.52. The van der Waals surface area contributed by atoms with Gasteiger partial charge in [0.2, 0.25) is 0 Å². The Kier molecular flexibility index (Phi) is 4.60. The van der Waals surface area contributed by atoms with Crippen LogP contribution < -0.4 is 5.32 Å². The summed E-state index contributed by atoms with van der Waals surface area (Å²) in [4.78, 5) is 12.1. The second-order valence-corrected chi connectivity index (χ2v) is 12.5. The van der Waals surface area contributed by atoms with Gasteiger partial charge < -0.3 is 10.1 Å². The molecule has 6 rings (SSSR count). The molecule has 0 aromatic rings. The number of ketones is 1. The molecule has 3 saturated carbocycles. The van der Waals surface area contributed by atoms with E-state index in [1.54, 1.807) is 5.57 Å². The fourth-order valence-electron chi connectivity index (χ4n) is 9.23. The normalized spacial score (nSPS) is 53.2. The molecule has 0 aromatic heterocycles. The summed E-state index contributed by atoms with van der Waals surface area (Å²) in [5.41, 5.74) is 4.00. The third-order valence-corrected chi connectivity index (χ3v) is 10.8. The Balaban J connectivity index is 1.26. The number of hydrogen-bond acceptors (Lipinski definition) is 3.